The second-order valence-electron chi connectivity index (χ2n) is 2.14. The number of diazo groups is 1. The topological polar surface area (TPSA) is 28.1 Å². The van der Waals surface area contributed by atoms with E-state index in [1.807, 2.05) is 18.2 Å². The van der Waals surface area contributed by atoms with E-state index in [1.54, 1.807) is 12.1 Å². The van der Waals surface area contributed by atoms with Gasteiger partial charge in [-0.2, -0.15) is 0 Å². The number of hydrogen-bond acceptors (Lipinski definition) is 1. The van der Waals surface area contributed by atoms with Gasteiger partial charge in [0.1, 0.15) is 0 Å². The Morgan fingerprint density at radius 3 is 1.91 bits per heavy atom. The van der Waals surface area contributed by atoms with E-state index in [0.29, 0.717) is 5.69 Å². The molecule has 0 bridgehead atoms. The van der Waals surface area contributed by atoms with Crippen LogP contribution < -0.4 is 0 Å². The molecule has 0 heterocycles. The molecule has 0 saturated heterocycles. The normalized spacial score (nSPS) is 7.36. The van der Waals surface area contributed by atoms with Gasteiger partial charge in [-0.1, -0.05) is 38.5 Å². The highest BCUT2D eigenvalue weighted by molar-refractivity contribution is 5.42. The quantitative estimate of drug-likeness (QED) is 0.518. The van der Waals surface area contributed by atoms with E-state index in [0.717, 1.165) is 0 Å². The molecule has 0 atom stereocenters. The fourth-order valence-corrected chi connectivity index (χ4v) is 0.495. The summed E-state index contributed by atoms with van der Waals surface area (Å²) < 4.78 is 0. The first kappa shape index (κ1) is 9.64. The Bertz CT molecular complexity index is 211. The Labute approximate surface area is 67.5 Å². The van der Waals surface area contributed by atoms with Gasteiger partial charge < -0.3 is 0 Å². The zero-order valence-corrected chi connectivity index (χ0v) is 6.99. The van der Waals surface area contributed by atoms with Crippen molar-refractivity contribution in [2.45, 2.75) is 20.3 Å². The van der Waals surface area contributed by atoms with Crippen LogP contribution in [-0.4, -0.2) is 0 Å². The zero-order chi connectivity index (χ0) is 8.53. The minimum Gasteiger partial charge on any atom is -0.0656 e. The van der Waals surface area contributed by atoms with Crippen molar-refractivity contribution in [3.8, 4) is 0 Å². The summed E-state index contributed by atoms with van der Waals surface area (Å²) in [5, 5.41) is 8.16. The van der Waals surface area contributed by atoms with Gasteiger partial charge in [0.2, 0.25) is 5.39 Å². The highest BCUT2D eigenvalue weighted by Gasteiger charge is 1.95. The molecule has 0 aliphatic rings. The van der Waals surface area contributed by atoms with Gasteiger partial charge in [-0.05, 0) is 0 Å². The Morgan fingerprint density at radius 1 is 1.18 bits per heavy atom. The summed E-state index contributed by atoms with van der Waals surface area (Å²) in [6, 6.07) is 8.94. The lowest BCUT2D eigenvalue weighted by Crippen LogP contribution is -1.54. The van der Waals surface area contributed by atoms with E-state index in [2.05, 4.69) is 18.8 Å². The first-order valence-electron chi connectivity index (χ1n) is 3.75. The predicted molar refractivity (Wildman–Crippen MR) is 47.2 cm³/mol. The molecule has 0 radical (unpaired) electrons. The first-order chi connectivity index (χ1) is 5.35. The first-order valence-corrected chi connectivity index (χ1v) is 3.75. The van der Waals surface area contributed by atoms with Crippen LogP contribution in [0, 0.1) is 5.39 Å². The standard InChI is InChI=1S/C6H5N2.C3H8/c7-8-6-4-2-1-3-5-6;1-3-2/h1-5H;3H2,1-2H3/q+1;. The van der Waals surface area contributed by atoms with E-state index in [9.17, 15) is 0 Å². The van der Waals surface area contributed by atoms with Gasteiger partial charge in [-0.25, -0.2) is 0 Å². The molecule has 0 aromatic heterocycles. The molecule has 0 saturated carbocycles. The predicted octanol–water partition coefficient (Wildman–Crippen LogP) is 3.59. The molecular formula is C9H13N2+. The Kier molecular flexibility index (Phi) is 5.92. The van der Waals surface area contributed by atoms with Crippen molar-refractivity contribution >= 4 is 5.69 Å². The minimum absolute atomic E-state index is 0.590. The third-order valence-electron chi connectivity index (χ3n) is 0.872. The van der Waals surface area contributed by atoms with E-state index in [4.69, 9.17) is 5.39 Å². The highest BCUT2D eigenvalue weighted by atomic mass is 14.8. The minimum atomic E-state index is 0.590. The molecule has 0 amide bonds. The molecule has 1 aromatic carbocycles. The van der Waals surface area contributed by atoms with Crippen molar-refractivity contribution in [1.82, 2.24) is 0 Å². The molecule has 0 fully saturated rings. The van der Waals surface area contributed by atoms with Crippen LogP contribution in [0.1, 0.15) is 20.3 Å². The SMILES string of the molecule is CCC.N#[N+]c1ccccc1. The van der Waals surface area contributed by atoms with Crippen LogP contribution in [0.15, 0.2) is 30.3 Å². The smallest absolute Gasteiger partial charge is 0.0656 e. The summed E-state index contributed by atoms with van der Waals surface area (Å²) in [6.45, 7) is 4.25. The monoisotopic (exact) mass is 149 g/mol. The van der Waals surface area contributed by atoms with E-state index in [-0.39, 0.29) is 0 Å². The Hall–Kier alpha value is -1.36. The van der Waals surface area contributed by atoms with Crippen molar-refractivity contribution in [3.63, 3.8) is 0 Å². The van der Waals surface area contributed by atoms with Crippen LogP contribution in [0.4, 0.5) is 5.69 Å². The summed E-state index contributed by atoms with van der Waals surface area (Å²) in [6.07, 6.45) is 1.25. The molecule has 0 unspecified atom stereocenters. The van der Waals surface area contributed by atoms with Crippen LogP contribution >= 0.6 is 0 Å². The number of benzene rings is 1. The molecule has 11 heavy (non-hydrogen) atoms. The average Bonchev–Trinajstić information content (AvgIpc) is 2.08. The van der Waals surface area contributed by atoms with Crippen LogP contribution in [-0.2, 0) is 0 Å². The molecule has 58 valence electrons. The van der Waals surface area contributed by atoms with Crippen LogP contribution in [0.2, 0.25) is 0 Å². The lowest BCUT2D eigenvalue weighted by molar-refractivity contribution is 1.09. The molecule has 1 rings (SSSR count). The molecule has 0 aliphatic heterocycles. The second kappa shape index (κ2) is 6.76. The van der Waals surface area contributed by atoms with Gasteiger partial charge in [0.05, 0.1) is 0 Å². The Morgan fingerprint density at radius 2 is 1.64 bits per heavy atom. The van der Waals surface area contributed by atoms with Crippen LogP contribution in [0.25, 0.3) is 4.98 Å². The second-order valence-corrected chi connectivity index (χ2v) is 2.14. The van der Waals surface area contributed by atoms with Gasteiger partial charge in [-0.15, -0.1) is 0 Å². The number of nitrogens with zero attached hydrogens (tertiary/aromatic N) is 2. The maximum atomic E-state index is 8.16. The largest absolute Gasteiger partial charge is 0.385 e. The van der Waals surface area contributed by atoms with Crippen LogP contribution in [0.3, 0.4) is 0 Å². The van der Waals surface area contributed by atoms with Gasteiger partial charge in [0.15, 0.2) is 4.98 Å². The third kappa shape index (κ3) is 5.10. The maximum absolute atomic E-state index is 8.16. The van der Waals surface area contributed by atoms with Crippen molar-refractivity contribution in [1.29, 1.82) is 5.39 Å². The highest BCUT2D eigenvalue weighted by Crippen LogP contribution is 2.07. The molecule has 0 spiro atoms. The van der Waals surface area contributed by atoms with E-state index >= 15 is 0 Å². The van der Waals surface area contributed by atoms with Crippen molar-refractivity contribution in [3.05, 3.63) is 35.3 Å². The van der Waals surface area contributed by atoms with Crippen molar-refractivity contribution in [2.24, 2.45) is 0 Å². The summed E-state index contributed by atoms with van der Waals surface area (Å²) in [4.78, 5) is 2.97. The third-order valence-corrected chi connectivity index (χ3v) is 0.872. The molecule has 0 N–H and O–H groups in total. The van der Waals surface area contributed by atoms with Crippen LogP contribution in [0.5, 0.6) is 0 Å². The van der Waals surface area contributed by atoms with E-state index < -0.39 is 0 Å². The summed E-state index contributed by atoms with van der Waals surface area (Å²) in [5.41, 5.74) is 0.590. The van der Waals surface area contributed by atoms with Crippen molar-refractivity contribution in [2.75, 3.05) is 0 Å². The number of rotatable bonds is 0. The zero-order valence-electron chi connectivity index (χ0n) is 6.99. The number of hydrogen-bond donors (Lipinski definition) is 0. The summed E-state index contributed by atoms with van der Waals surface area (Å²) >= 11 is 0. The molecule has 2 nitrogen and oxygen atoms in total. The molecule has 0 aliphatic carbocycles. The summed E-state index contributed by atoms with van der Waals surface area (Å²) in [7, 11) is 0. The Balaban J connectivity index is 0.000000292. The molecular weight excluding hydrogens is 136 g/mol. The van der Waals surface area contributed by atoms with Gasteiger partial charge >= 0.3 is 5.69 Å². The summed E-state index contributed by atoms with van der Waals surface area (Å²) in [5.74, 6) is 0. The average molecular weight is 149 g/mol. The van der Waals surface area contributed by atoms with Gasteiger partial charge in [0, 0.05) is 12.1 Å². The lowest BCUT2D eigenvalue weighted by Gasteiger charge is -1.69. The molecule has 1 aromatic rings. The fourth-order valence-electron chi connectivity index (χ4n) is 0.495. The fraction of sp³-hybridized carbons (Fsp3) is 0.333. The van der Waals surface area contributed by atoms with E-state index in [1.165, 1.54) is 6.42 Å². The van der Waals surface area contributed by atoms with Crippen molar-refractivity contribution < 1.29 is 0 Å². The van der Waals surface area contributed by atoms with Gasteiger partial charge in [0.25, 0.3) is 0 Å². The molecule has 2 heteroatoms. The van der Waals surface area contributed by atoms with Gasteiger partial charge in [-0.3, -0.25) is 0 Å². The maximum Gasteiger partial charge on any atom is 0.385 e. The lowest BCUT2D eigenvalue weighted by atomic mass is 10.3.